The third-order valence-corrected chi connectivity index (χ3v) is 8.75. The van der Waals surface area contributed by atoms with E-state index in [2.05, 4.69) is 145 Å². The number of hydrogen-bond donors (Lipinski definition) is 2. The number of benzene rings is 5. The van der Waals surface area contributed by atoms with Gasteiger partial charge >= 0.3 is 0 Å². The second-order valence-corrected chi connectivity index (χ2v) is 11.7. The number of rotatable bonds is 3. The van der Waals surface area contributed by atoms with E-state index >= 15 is 0 Å². The zero-order chi connectivity index (χ0) is 26.8. The van der Waals surface area contributed by atoms with E-state index in [0.717, 1.165) is 6.42 Å². The SMILES string of the molecule is CC1(C)CC(c2cccc3c2[nH]c2ccccc23)=CC=C1c1ccc(-c2cccc3c2[nH]c2ccccc23)cc1. The molecule has 2 N–H and O–H groups in total. The molecule has 5 aromatic carbocycles. The Labute approximate surface area is 233 Å². The lowest BCUT2D eigenvalue weighted by Crippen LogP contribution is -2.17. The molecule has 0 spiro atoms. The van der Waals surface area contributed by atoms with E-state index in [1.54, 1.807) is 0 Å². The predicted molar refractivity (Wildman–Crippen MR) is 171 cm³/mol. The van der Waals surface area contributed by atoms with Gasteiger partial charge in [-0.05, 0) is 46.2 Å². The first-order valence-electron chi connectivity index (χ1n) is 14.1. The van der Waals surface area contributed by atoms with Crippen molar-refractivity contribution in [1.82, 2.24) is 9.97 Å². The number of hydrogen-bond acceptors (Lipinski definition) is 0. The van der Waals surface area contributed by atoms with Crippen molar-refractivity contribution in [3.8, 4) is 11.1 Å². The van der Waals surface area contributed by atoms with Gasteiger partial charge < -0.3 is 9.97 Å². The molecule has 1 aliphatic rings. The van der Waals surface area contributed by atoms with Crippen LogP contribution in [0, 0.1) is 5.41 Å². The van der Waals surface area contributed by atoms with Gasteiger partial charge in [0.15, 0.2) is 0 Å². The number of aromatic amines is 2. The summed E-state index contributed by atoms with van der Waals surface area (Å²) in [6.07, 6.45) is 5.66. The van der Waals surface area contributed by atoms with E-state index in [1.807, 2.05) is 0 Å². The van der Waals surface area contributed by atoms with Gasteiger partial charge in [0.1, 0.15) is 0 Å². The van der Waals surface area contributed by atoms with Gasteiger partial charge in [-0.2, -0.15) is 0 Å². The number of para-hydroxylation sites is 4. The molecular formula is C38H30N2. The molecule has 0 unspecified atom stereocenters. The maximum Gasteiger partial charge on any atom is 0.0544 e. The van der Waals surface area contributed by atoms with Crippen molar-refractivity contribution < 1.29 is 0 Å². The normalized spacial score (nSPS) is 15.2. The summed E-state index contributed by atoms with van der Waals surface area (Å²) in [6.45, 7) is 4.74. The Kier molecular flexibility index (Phi) is 4.96. The summed E-state index contributed by atoms with van der Waals surface area (Å²) in [4.78, 5) is 7.35. The van der Waals surface area contributed by atoms with Gasteiger partial charge in [-0.15, -0.1) is 0 Å². The fraction of sp³-hybridized carbons (Fsp3) is 0.105. The van der Waals surface area contributed by atoms with Gasteiger partial charge in [-0.1, -0.05) is 123 Å². The number of aromatic nitrogens is 2. The van der Waals surface area contributed by atoms with Crippen LogP contribution in [-0.4, -0.2) is 9.97 Å². The summed E-state index contributed by atoms with van der Waals surface area (Å²) < 4.78 is 0. The molecule has 0 amide bonds. The molecule has 8 rings (SSSR count). The largest absolute Gasteiger partial charge is 0.354 e. The maximum atomic E-state index is 3.69. The molecule has 2 heteroatoms. The molecule has 0 fully saturated rings. The molecule has 0 aliphatic heterocycles. The molecule has 2 nitrogen and oxygen atoms in total. The fourth-order valence-electron chi connectivity index (χ4n) is 6.80. The van der Waals surface area contributed by atoms with Gasteiger partial charge in [0.05, 0.1) is 11.0 Å². The Morgan fingerprint density at radius 3 is 1.65 bits per heavy atom. The monoisotopic (exact) mass is 514 g/mol. The van der Waals surface area contributed by atoms with E-state index in [9.17, 15) is 0 Å². The molecule has 192 valence electrons. The average Bonchev–Trinajstić information content (AvgIpc) is 3.55. The standard InChI is InChI=1S/C38H30N2/c1-38(2)23-26(28-12-8-14-32-30-10-4-6-16-35(30)40-37(28)32)21-22-33(38)25-19-17-24(18-20-25)27-11-7-13-31-29-9-3-5-15-34(29)39-36(27)31/h3-22,39-40H,23H2,1-2H3. The van der Waals surface area contributed by atoms with Crippen LogP contribution in [0.2, 0.25) is 0 Å². The second kappa shape index (κ2) is 8.59. The summed E-state index contributed by atoms with van der Waals surface area (Å²) in [7, 11) is 0. The minimum absolute atomic E-state index is 0.0109. The van der Waals surface area contributed by atoms with Crippen molar-refractivity contribution in [3.05, 3.63) is 132 Å². The van der Waals surface area contributed by atoms with E-state index in [-0.39, 0.29) is 5.41 Å². The average molecular weight is 515 g/mol. The first-order chi connectivity index (χ1) is 19.6. The number of H-pyrrole nitrogens is 2. The van der Waals surface area contributed by atoms with Gasteiger partial charge in [-0.3, -0.25) is 0 Å². The third-order valence-electron chi connectivity index (χ3n) is 8.75. The minimum atomic E-state index is 0.0109. The zero-order valence-electron chi connectivity index (χ0n) is 22.8. The predicted octanol–water partition coefficient (Wildman–Crippen LogP) is 10.5. The molecular weight excluding hydrogens is 484 g/mol. The topological polar surface area (TPSA) is 31.6 Å². The van der Waals surface area contributed by atoms with E-state index in [0.29, 0.717) is 0 Å². The van der Waals surface area contributed by atoms with Crippen molar-refractivity contribution >= 4 is 54.8 Å². The Balaban J connectivity index is 1.18. The first kappa shape index (κ1) is 23.1. The van der Waals surface area contributed by atoms with Gasteiger partial charge in [0.2, 0.25) is 0 Å². The second-order valence-electron chi connectivity index (χ2n) is 11.7. The lowest BCUT2D eigenvalue weighted by molar-refractivity contribution is 0.514. The first-order valence-corrected chi connectivity index (χ1v) is 14.1. The highest BCUT2D eigenvalue weighted by molar-refractivity contribution is 6.12. The smallest absolute Gasteiger partial charge is 0.0544 e. The molecule has 40 heavy (non-hydrogen) atoms. The van der Waals surface area contributed by atoms with Crippen LogP contribution < -0.4 is 0 Å². The summed E-state index contributed by atoms with van der Waals surface area (Å²) in [6, 6.07) is 39.5. The number of allylic oxidation sites excluding steroid dienone is 4. The summed E-state index contributed by atoms with van der Waals surface area (Å²) >= 11 is 0. The highest BCUT2D eigenvalue weighted by Crippen LogP contribution is 2.47. The molecule has 0 bridgehead atoms. The highest BCUT2D eigenvalue weighted by atomic mass is 14.7. The Morgan fingerprint density at radius 1 is 0.500 bits per heavy atom. The molecule has 0 saturated heterocycles. The van der Waals surface area contributed by atoms with Crippen LogP contribution in [0.1, 0.15) is 31.4 Å². The van der Waals surface area contributed by atoms with Crippen molar-refractivity contribution in [3.63, 3.8) is 0 Å². The lowest BCUT2D eigenvalue weighted by atomic mass is 9.71. The third kappa shape index (κ3) is 3.49. The Bertz CT molecular complexity index is 2150. The van der Waals surface area contributed by atoms with Crippen LogP contribution in [0.4, 0.5) is 0 Å². The van der Waals surface area contributed by atoms with Gasteiger partial charge in [-0.25, -0.2) is 0 Å². The van der Waals surface area contributed by atoms with Crippen LogP contribution >= 0.6 is 0 Å². The maximum absolute atomic E-state index is 3.69. The minimum Gasteiger partial charge on any atom is -0.354 e. The molecule has 2 aromatic heterocycles. The highest BCUT2D eigenvalue weighted by Gasteiger charge is 2.29. The molecule has 0 saturated carbocycles. The molecule has 1 aliphatic carbocycles. The van der Waals surface area contributed by atoms with Crippen LogP contribution in [0.25, 0.3) is 65.9 Å². The van der Waals surface area contributed by atoms with Crippen molar-refractivity contribution in [1.29, 1.82) is 0 Å². The van der Waals surface area contributed by atoms with Crippen LogP contribution in [0.5, 0.6) is 0 Å². The van der Waals surface area contributed by atoms with Crippen LogP contribution in [-0.2, 0) is 0 Å². The molecule has 0 radical (unpaired) electrons. The van der Waals surface area contributed by atoms with Crippen molar-refractivity contribution in [2.75, 3.05) is 0 Å². The summed E-state index contributed by atoms with van der Waals surface area (Å²) in [5.41, 5.74) is 12.7. The molecule has 7 aromatic rings. The van der Waals surface area contributed by atoms with Crippen LogP contribution in [0.15, 0.2) is 121 Å². The van der Waals surface area contributed by atoms with E-state index in [1.165, 1.54) is 77.0 Å². The van der Waals surface area contributed by atoms with Crippen LogP contribution in [0.3, 0.4) is 0 Å². The number of fused-ring (bicyclic) bond motifs is 6. The lowest BCUT2D eigenvalue weighted by Gasteiger charge is -2.33. The number of nitrogens with one attached hydrogen (secondary N) is 2. The summed E-state index contributed by atoms with van der Waals surface area (Å²) in [5, 5.41) is 5.13. The molecule has 0 atom stereocenters. The van der Waals surface area contributed by atoms with Crippen molar-refractivity contribution in [2.45, 2.75) is 20.3 Å². The van der Waals surface area contributed by atoms with E-state index < -0.39 is 0 Å². The Morgan fingerprint density at radius 2 is 1.02 bits per heavy atom. The summed E-state index contributed by atoms with van der Waals surface area (Å²) in [5.74, 6) is 0. The fourth-order valence-corrected chi connectivity index (χ4v) is 6.80. The molecule has 2 heterocycles. The zero-order valence-corrected chi connectivity index (χ0v) is 22.8. The van der Waals surface area contributed by atoms with E-state index in [4.69, 9.17) is 0 Å². The quantitative estimate of drug-likeness (QED) is 0.235. The van der Waals surface area contributed by atoms with Gasteiger partial charge in [0.25, 0.3) is 0 Å². The van der Waals surface area contributed by atoms with Crippen molar-refractivity contribution in [2.24, 2.45) is 5.41 Å². The van der Waals surface area contributed by atoms with Gasteiger partial charge in [0, 0.05) is 43.7 Å². The Hall–Kier alpha value is -4.82.